The van der Waals surface area contributed by atoms with Crippen LogP contribution in [0.15, 0.2) is 88.1 Å². The fraction of sp³-hybridized carbons (Fsp3) is 0.0455. The summed E-state index contributed by atoms with van der Waals surface area (Å²) in [6.07, 6.45) is 0. The molecular weight excluding hydrogens is 296 g/mol. The van der Waals surface area contributed by atoms with E-state index in [-0.39, 0.29) is 5.63 Å². The summed E-state index contributed by atoms with van der Waals surface area (Å²) in [5.74, 6) is 0. The normalized spacial score (nSPS) is 10.9. The van der Waals surface area contributed by atoms with E-state index in [1.54, 1.807) is 6.07 Å². The van der Waals surface area contributed by atoms with Gasteiger partial charge in [0.05, 0.1) is 0 Å². The van der Waals surface area contributed by atoms with E-state index in [4.69, 9.17) is 4.42 Å². The molecule has 3 aromatic carbocycles. The molecule has 0 aliphatic heterocycles. The van der Waals surface area contributed by atoms with Gasteiger partial charge >= 0.3 is 5.63 Å². The molecule has 24 heavy (non-hydrogen) atoms. The second-order valence-corrected chi connectivity index (χ2v) is 5.87. The summed E-state index contributed by atoms with van der Waals surface area (Å²) >= 11 is 0. The van der Waals surface area contributed by atoms with Crippen LogP contribution in [0.1, 0.15) is 5.56 Å². The van der Waals surface area contributed by atoms with Crippen LogP contribution in [0.2, 0.25) is 0 Å². The number of hydrogen-bond acceptors (Lipinski definition) is 2. The molecule has 0 aliphatic rings. The van der Waals surface area contributed by atoms with Gasteiger partial charge in [-0.25, -0.2) is 4.79 Å². The van der Waals surface area contributed by atoms with Gasteiger partial charge in [-0.15, -0.1) is 0 Å². The highest BCUT2D eigenvalue weighted by molar-refractivity contribution is 5.95. The van der Waals surface area contributed by atoms with Crippen LogP contribution in [0, 0.1) is 6.92 Å². The fourth-order valence-electron chi connectivity index (χ4n) is 3.08. The standard InChI is InChI=1S/C22H16O2/c1-15-12-22(23)24-21-14-20(17-10-6-3-7-11-17)19(13-18(15)21)16-8-4-2-5-9-16/h2-14H,1H3. The van der Waals surface area contributed by atoms with Crippen molar-refractivity contribution in [2.75, 3.05) is 0 Å². The average Bonchev–Trinajstić information content (AvgIpc) is 2.62. The molecular formula is C22H16O2. The predicted octanol–water partition coefficient (Wildman–Crippen LogP) is 5.44. The van der Waals surface area contributed by atoms with E-state index < -0.39 is 0 Å². The van der Waals surface area contributed by atoms with Gasteiger partial charge in [-0.3, -0.25) is 0 Å². The minimum atomic E-state index is -0.313. The molecule has 116 valence electrons. The van der Waals surface area contributed by atoms with Crippen LogP contribution in [-0.2, 0) is 0 Å². The Hall–Kier alpha value is -3.13. The van der Waals surface area contributed by atoms with Crippen LogP contribution in [0.3, 0.4) is 0 Å². The predicted molar refractivity (Wildman–Crippen MR) is 98.1 cm³/mol. The molecule has 0 bridgehead atoms. The molecule has 1 aromatic heterocycles. The second kappa shape index (κ2) is 5.82. The van der Waals surface area contributed by atoms with Crippen molar-refractivity contribution in [1.82, 2.24) is 0 Å². The van der Waals surface area contributed by atoms with Crippen molar-refractivity contribution in [3.63, 3.8) is 0 Å². The van der Waals surface area contributed by atoms with E-state index >= 15 is 0 Å². The lowest BCUT2D eigenvalue weighted by atomic mass is 9.92. The Morgan fingerprint density at radius 3 is 1.83 bits per heavy atom. The van der Waals surface area contributed by atoms with Gasteiger partial charge in [-0.1, -0.05) is 60.7 Å². The SMILES string of the molecule is Cc1cc(=O)oc2cc(-c3ccccc3)c(-c3ccccc3)cc12. The first-order valence-corrected chi connectivity index (χ1v) is 7.92. The van der Waals surface area contributed by atoms with E-state index in [0.717, 1.165) is 33.2 Å². The monoisotopic (exact) mass is 312 g/mol. The molecule has 0 radical (unpaired) electrons. The molecule has 1 heterocycles. The summed E-state index contributed by atoms with van der Waals surface area (Å²) in [4.78, 5) is 11.7. The minimum absolute atomic E-state index is 0.313. The third-order valence-corrected chi connectivity index (χ3v) is 4.26. The molecule has 0 N–H and O–H groups in total. The van der Waals surface area contributed by atoms with Crippen LogP contribution < -0.4 is 5.63 Å². The molecule has 0 unspecified atom stereocenters. The van der Waals surface area contributed by atoms with Crippen molar-refractivity contribution in [3.8, 4) is 22.3 Å². The summed E-state index contributed by atoms with van der Waals surface area (Å²) in [5.41, 5.74) is 5.67. The first-order valence-electron chi connectivity index (χ1n) is 7.92. The van der Waals surface area contributed by atoms with Gasteiger partial charge in [0.2, 0.25) is 0 Å². The molecule has 0 saturated heterocycles. The first-order chi connectivity index (χ1) is 11.7. The van der Waals surface area contributed by atoms with Crippen molar-refractivity contribution >= 4 is 11.0 Å². The maximum Gasteiger partial charge on any atom is 0.336 e. The third-order valence-electron chi connectivity index (χ3n) is 4.26. The van der Waals surface area contributed by atoms with Crippen molar-refractivity contribution in [1.29, 1.82) is 0 Å². The molecule has 0 fully saturated rings. The largest absolute Gasteiger partial charge is 0.423 e. The number of aryl methyl sites for hydroxylation is 1. The molecule has 4 aromatic rings. The van der Waals surface area contributed by atoms with Crippen molar-refractivity contribution in [2.45, 2.75) is 6.92 Å². The minimum Gasteiger partial charge on any atom is -0.423 e. The Balaban J connectivity index is 2.10. The Morgan fingerprint density at radius 2 is 1.25 bits per heavy atom. The molecule has 0 aliphatic carbocycles. The second-order valence-electron chi connectivity index (χ2n) is 5.87. The quantitative estimate of drug-likeness (QED) is 0.462. The lowest BCUT2D eigenvalue weighted by molar-refractivity contribution is 0.560. The van der Waals surface area contributed by atoms with Gasteiger partial charge in [-0.05, 0) is 46.9 Å². The zero-order valence-electron chi connectivity index (χ0n) is 13.3. The number of hydrogen-bond donors (Lipinski definition) is 0. The average molecular weight is 312 g/mol. The molecule has 0 amide bonds. The molecule has 0 saturated carbocycles. The van der Waals surface area contributed by atoms with Crippen molar-refractivity contribution in [2.24, 2.45) is 0 Å². The lowest BCUT2D eigenvalue weighted by Crippen LogP contribution is -1.98. The van der Waals surface area contributed by atoms with Crippen LogP contribution >= 0.6 is 0 Å². The van der Waals surface area contributed by atoms with Gasteiger partial charge in [0.1, 0.15) is 5.58 Å². The summed E-state index contributed by atoms with van der Waals surface area (Å²) in [6.45, 7) is 1.94. The maximum atomic E-state index is 11.7. The molecule has 0 atom stereocenters. The van der Waals surface area contributed by atoms with Crippen LogP contribution in [-0.4, -0.2) is 0 Å². The van der Waals surface area contributed by atoms with Gasteiger partial charge in [0, 0.05) is 11.5 Å². The van der Waals surface area contributed by atoms with E-state index in [1.807, 2.05) is 49.4 Å². The van der Waals surface area contributed by atoms with E-state index in [2.05, 4.69) is 30.3 Å². The summed E-state index contributed by atoms with van der Waals surface area (Å²) in [7, 11) is 0. The van der Waals surface area contributed by atoms with Gasteiger partial charge in [0.15, 0.2) is 0 Å². The number of fused-ring (bicyclic) bond motifs is 1. The highest BCUT2D eigenvalue weighted by Gasteiger charge is 2.12. The summed E-state index contributed by atoms with van der Waals surface area (Å²) in [5, 5.41) is 0.966. The van der Waals surface area contributed by atoms with Crippen molar-refractivity contribution in [3.05, 3.63) is 94.8 Å². The van der Waals surface area contributed by atoms with E-state index in [0.29, 0.717) is 5.58 Å². The van der Waals surface area contributed by atoms with Gasteiger partial charge in [0.25, 0.3) is 0 Å². The molecule has 2 nitrogen and oxygen atoms in total. The van der Waals surface area contributed by atoms with Crippen LogP contribution in [0.5, 0.6) is 0 Å². The highest BCUT2D eigenvalue weighted by atomic mass is 16.4. The van der Waals surface area contributed by atoms with Gasteiger partial charge < -0.3 is 4.42 Å². The topological polar surface area (TPSA) is 30.2 Å². The highest BCUT2D eigenvalue weighted by Crippen LogP contribution is 2.36. The fourth-order valence-corrected chi connectivity index (χ4v) is 3.08. The summed E-state index contributed by atoms with van der Waals surface area (Å²) < 4.78 is 5.44. The Kier molecular flexibility index (Phi) is 3.51. The maximum absolute atomic E-state index is 11.7. The van der Waals surface area contributed by atoms with E-state index in [1.165, 1.54) is 0 Å². The molecule has 4 rings (SSSR count). The number of benzene rings is 3. The first kappa shape index (κ1) is 14.5. The molecule has 0 spiro atoms. The smallest absolute Gasteiger partial charge is 0.336 e. The van der Waals surface area contributed by atoms with Crippen LogP contribution in [0.4, 0.5) is 0 Å². The number of rotatable bonds is 2. The van der Waals surface area contributed by atoms with E-state index in [9.17, 15) is 4.79 Å². The third kappa shape index (κ3) is 2.52. The zero-order valence-corrected chi connectivity index (χ0v) is 13.3. The lowest BCUT2D eigenvalue weighted by Gasteiger charge is -2.13. The summed E-state index contributed by atoms with van der Waals surface area (Å²) in [6, 6.07) is 26.1. The van der Waals surface area contributed by atoms with Gasteiger partial charge in [-0.2, -0.15) is 0 Å². The Morgan fingerprint density at radius 1 is 0.708 bits per heavy atom. The van der Waals surface area contributed by atoms with Crippen LogP contribution in [0.25, 0.3) is 33.2 Å². The Bertz CT molecular complexity index is 1060. The zero-order chi connectivity index (χ0) is 16.5. The van der Waals surface area contributed by atoms with Crippen molar-refractivity contribution < 1.29 is 4.42 Å². The molecule has 2 heteroatoms. The Labute approximate surface area is 140 Å².